The molecule has 1 aliphatic rings. The van der Waals surface area contributed by atoms with Gasteiger partial charge in [-0.05, 0) is 12.5 Å². The van der Waals surface area contributed by atoms with E-state index in [9.17, 15) is 4.79 Å². The van der Waals surface area contributed by atoms with Crippen molar-refractivity contribution >= 4 is 38.9 Å². The molecule has 0 bridgehead atoms. The highest BCUT2D eigenvalue weighted by molar-refractivity contribution is 7.19. The lowest BCUT2D eigenvalue weighted by Gasteiger charge is -2.20. The van der Waals surface area contributed by atoms with E-state index in [1.807, 2.05) is 11.0 Å². The topological polar surface area (TPSA) is 23.6 Å². The number of halogens is 1. The summed E-state index contributed by atoms with van der Waals surface area (Å²) in [5, 5.41) is 2.04. The van der Waals surface area contributed by atoms with E-state index in [2.05, 4.69) is 23.1 Å². The Bertz CT molecular complexity index is 655. The van der Waals surface area contributed by atoms with E-state index in [4.69, 9.17) is 11.6 Å². The van der Waals surface area contributed by atoms with Crippen molar-refractivity contribution in [3.63, 3.8) is 0 Å². The minimum Gasteiger partial charge on any atom is -0.342 e. The van der Waals surface area contributed by atoms with Crippen molar-refractivity contribution in [3.05, 3.63) is 34.2 Å². The first kappa shape index (κ1) is 14.8. The molecule has 0 unspecified atom stereocenters. The molecule has 1 amide bonds. The molecule has 2 aromatic rings. The van der Waals surface area contributed by atoms with Crippen LogP contribution in [-0.2, 0) is 11.3 Å². The van der Waals surface area contributed by atoms with Crippen LogP contribution in [0.25, 0.3) is 10.1 Å². The average Bonchev–Trinajstić information content (AvgIpc) is 2.65. The van der Waals surface area contributed by atoms with E-state index >= 15 is 0 Å². The zero-order valence-corrected chi connectivity index (χ0v) is 13.7. The van der Waals surface area contributed by atoms with Gasteiger partial charge in [0.15, 0.2) is 0 Å². The molecule has 112 valence electrons. The Labute approximate surface area is 134 Å². The van der Waals surface area contributed by atoms with Crippen LogP contribution in [0.5, 0.6) is 0 Å². The molecule has 0 saturated carbocycles. The van der Waals surface area contributed by atoms with Crippen LogP contribution in [0, 0.1) is 0 Å². The fraction of sp³-hybridized carbons (Fsp3) is 0.438. The summed E-state index contributed by atoms with van der Waals surface area (Å²) in [5.41, 5.74) is 0. The number of fused-ring (bicyclic) bond motifs is 1. The molecule has 0 aliphatic carbocycles. The Balaban J connectivity index is 1.73. The second kappa shape index (κ2) is 6.34. The number of benzene rings is 1. The smallest absolute Gasteiger partial charge is 0.219 e. The van der Waals surface area contributed by atoms with Gasteiger partial charge in [-0.1, -0.05) is 29.8 Å². The number of nitrogens with zero attached hydrogens (tertiary/aromatic N) is 2. The van der Waals surface area contributed by atoms with Crippen LogP contribution in [0.1, 0.15) is 18.2 Å². The fourth-order valence-electron chi connectivity index (χ4n) is 2.81. The third-order valence-corrected chi connectivity index (χ3v) is 5.70. The molecule has 0 N–H and O–H groups in total. The maximum atomic E-state index is 11.5. The van der Waals surface area contributed by atoms with Gasteiger partial charge >= 0.3 is 0 Å². The SMILES string of the molecule is CC(=O)N1CCCN(Cc2sc3ccccc3c2Cl)CC1. The molecule has 0 spiro atoms. The predicted octanol–water partition coefficient (Wildman–Crippen LogP) is 3.61. The molecule has 2 heterocycles. The van der Waals surface area contributed by atoms with Crippen molar-refractivity contribution in [2.24, 2.45) is 0 Å². The normalized spacial score (nSPS) is 17.1. The Kier molecular flexibility index (Phi) is 4.48. The molecule has 1 saturated heterocycles. The summed E-state index contributed by atoms with van der Waals surface area (Å²) in [6, 6.07) is 8.28. The minimum absolute atomic E-state index is 0.178. The third kappa shape index (κ3) is 3.23. The zero-order valence-electron chi connectivity index (χ0n) is 12.1. The number of thiophene rings is 1. The molecule has 1 aliphatic heterocycles. The van der Waals surface area contributed by atoms with E-state index in [-0.39, 0.29) is 5.91 Å². The monoisotopic (exact) mass is 322 g/mol. The molecule has 1 aromatic heterocycles. The van der Waals surface area contributed by atoms with E-state index in [0.717, 1.165) is 49.6 Å². The van der Waals surface area contributed by atoms with Crippen molar-refractivity contribution in [1.82, 2.24) is 9.80 Å². The highest BCUT2D eigenvalue weighted by Crippen LogP contribution is 2.35. The second-order valence-corrected chi connectivity index (χ2v) is 6.99. The van der Waals surface area contributed by atoms with Gasteiger partial charge in [0.25, 0.3) is 0 Å². The highest BCUT2D eigenvalue weighted by atomic mass is 35.5. The summed E-state index contributed by atoms with van der Waals surface area (Å²) in [6.45, 7) is 6.16. The third-order valence-electron chi connectivity index (χ3n) is 4.00. The van der Waals surface area contributed by atoms with Crippen LogP contribution in [0.4, 0.5) is 0 Å². The molecule has 5 heteroatoms. The Morgan fingerprint density at radius 1 is 1.24 bits per heavy atom. The van der Waals surface area contributed by atoms with Crippen LogP contribution in [0.3, 0.4) is 0 Å². The zero-order chi connectivity index (χ0) is 14.8. The van der Waals surface area contributed by atoms with Gasteiger partial charge in [0, 0.05) is 54.6 Å². The number of carbonyl (C=O) groups is 1. The lowest BCUT2D eigenvalue weighted by molar-refractivity contribution is -0.128. The van der Waals surface area contributed by atoms with Crippen LogP contribution in [-0.4, -0.2) is 41.9 Å². The lowest BCUT2D eigenvalue weighted by atomic mass is 10.2. The van der Waals surface area contributed by atoms with Gasteiger partial charge in [0.1, 0.15) is 0 Å². The highest BCUT2D eigenvalue weighted by Gasteiger charge is 2.18. The van der Waals surface area contributed by atoms with Gasteiger partial charge in [0.2, 0.25) is 5.91 Å². The summed E-state index contributed by atoms with van der Waals surface area (Å²) < 4.78 is 1.25. The first-order valence-electron chi connectivity index (χ1n) is 7.29. The van der Waals surface area contributed by atoms with Crippen molar-refractivity contribution < 1.29 is 4.79 Å². The number of rotatable bonds is 2. The minimum atomic E-state index is 0.178. The quantitative estimate of drug-likeness (QED) is 0.843. The average molecular weight is 323 g/mol. The molecule has 1 fully saturated rings. The Hall–Kier alpha value is -1.10. The van der Waals surface area contributed by atoms with Crippen LogP contribution < -0.4 is 0 Å². The van der Waals surface area contributed by atoms with E-state index < -0.39 is 0 Å². The van der Waals surface area contributed by atoms with Gasteiger partial charge in [-0.3, -0.25) is 9.69 Å². The van der Waals surface area contributed by atoms with Gasteiger partial charge in [-0.15, -0.1) is 11.3 Å². The molecular formula is C16H19ClN2OS. The number of amides is 1. The maximum absolute atomic E-state index is 11.5. The first-order valence-corrected chi connectivity index (χ1v) is 8.48. The fourth-order valence-corrected chi connectivity index (χ4v) is 4.35. The van der Waals surface area contributed by atoms with Gasteiger partial charge in [-0.25, -0.2) is 0 Å². The number of hydrogen-bond acceptors (Lipinski definition) is 3. The summed E-state index contributed by atoms with van der Waals surface area (Å²) in [4.78, 5) is 17.0. The number of hydrogen-bond donors (Lipinski definition) is 0. The van der Waals surface area contributed by atoms with Crippen molar-refractivity contribution in [1.29, 1.82) is 0 Å². The van der Waals surface area contributed by atoms with E-state index in [0.29, 0.717) is 0 Å². The Morgan fingerprint density at radius 3 is 2.81 bits per heavy atom. The maximum Gasteiger partial charge on any atom is 0.219 e. The van der Waals surface area contributed by atoms with Crippen molar-refractivity contribution in [3.8, 4) is 0 Å². The summed E-state index contributed by atoms with van der Waals surface area (Å²) in [7, 11) is 0. The van der Waals surface area contributed by atoms with Crippen LogP contribution >= 0.6 is 22.9 Å². The molecule has 21 heavy (non-hydrogen) atoms. The van der Waals surface area contributed by atoms with Gasteiger partial charge in [-0.2, -0.15) is 0 Å². The summed E-state index contributed by atoms with van der Waals surface area (Å²) in [6.07, 6.45) is 1.03. The molecule has 3 nitrogen and oxygen atoms in total. The van der Waals surface area contributed by atoms with Crippen LogP contribution in [0.2, 0.25) is 5.02 Å². The van der Waals surface area contributed by atoms with Crippen molar-refractivity contribution in [2.75, 3.05) is 26.2 Å². The van der Waals surface area contributed by atoms with Crippen LogP contribution in [0.15, 0.2) is 24.3 Å². The number of carbonyl (C=O) groups excluding carboxylic acids is 1. The second-order valence-electron chi connectivity index (χ2n) is 5.47. The largest absolute Gasteiger partial charge is 0.342 e. The predicted molar refractivity (Wildman–Crippen MR) is 89.0 cm³/mol. The van der Waals surface area contributed by atoms with E-state index in [1.165, 1.54) is 9.58 Å². The lowest BCUT2D eigenvalue weighted by Crippen LogP contribution is -2.33. The molecule has 0 atom stereocenters. The molecule has 1 aromatic carbocycles. The Morgan fingerprint density at radius 2 is 2.05 bits per heavy atom. The van der Waals surface area contributed by atoms with E-state index in [1.54, 1.807) is 18.3 Å². The van der Waals surface area contributed by atoms with Gasteiger partial charge in [0.05, 0.1) is 5.02 Å². The molecular weight excluding hydrogens is 304 g/mol. The standard InChI is InChI=1S/C16H19ClN2OS/c1-12(20)19-8-4-7-18(9-10-19)11-15-16(17)13-5-2-3-6-14(13)21-15/h2-3,5-6H,4,7-11H2,1H3. The first-order chi connectivity index (χ1) is 10.1. The summed E-state index contributed by atoms with van der Waals surface area (Å²) in [5.74, 6) is 0.178. The molecule has 3 rings (SSSR count). The molecule has 0 radical (unpaired) electrons. The summed E-state index contributed by atoms with van der Waals surface area (Å²) >= 11 is 8.29. The van der Waals surface area contributed by atoms with Crippen molar-refractivity contribution in [2.45, 2.75) is 19.9 Å². The van der Waals surface area contributed by atoms with Gasteiger partial charge < -0.3 is 4.90 Å².